The summed E-state index contributed by atoms with van der Waals surface area (Å²) >= 11 is 8.82. The summed E-state index contributed by atoms with van der Waals surface area (Å²) in [7, 11) is 0. The molecular formula is C18H15BrOS3. The van der Waals surface area contributed by atoms with Crippen molar-refractivity contribution in [3.8, 4) is 19.5 Å². The van der Waals surface area contributed by atoms with Crippen molar-refractivity contribution in [3.05, 3.63) is 44.6 Å². The van der Waals surface area contributed by atoms with E-state index in [1.54, 1.807) is 22.7 Å². The molecule has 3 aromatic heterocycles. The minimum Gasteiger partial charge on any atom is -0.298 e. The van der Waals surface area contributed by atoms with Gasteiger partial charge in [-0.25, -0.2) is 0 Å². The highest BCUT2D eigenvalue weighted by Gasteiger charge is 2.20. The first-order valence-corrected chi connectivity index (χ1v) is 10.9. The maximum atomic E-state index is 11.5. The van der Waals surface area contributed by atoms with Gasteiger partial charge in [-0.05, 0) is 65.0 Å². The van der Waals surface area contributed by atoms with E-state index in [-0.39, 0.29) is 0 Å². The summed E-state index contributed by atoms with van der Waals surface area (Å²) in [5.41, 5.74) is 0.814. The van der Waals surface area contributed by atoms with E-state index in [9.17, 15) is 4.79 Å². The van der Waals surface area contributed by atoms with Gasteiger partial charge in [0.1, 0.15) is 0 Å². The molecule has 23 heavy (non-hydrogen) atoms. The van der Waals surface area contributed by atoms with Crippen molar-refractivity contribution in [1.29, 1.82) is 0 Å². The maximum absolute atomic E-state index is 11.5. The summed E-state index contributed by atoms with van der Waals surface area (Å²) < 4.78 is 1.12. The number of carbonyl (C=O) groups is 1. The lowest BCUT2D eigenvalue weighted by atomic mass is 10.1. The Morgan fingerprint density at radius 3 is 2.43 bits per heavy atom. The Morgan fingerprint density at radius 1 is 0.957 bits per heavy atom. The second-order valence-corrected chi connectivity index (χ2v) is 10.4. The van der Waals surface area contributed by atoms with Crippen LogP contribution < -0.4 is 0 Å². The fraction of sp³-hybridized carbons (Fsp3) is 0.278. The molecule has 1 fully saturated rings. The predicted octanol–water partition coefficient (Wildman–Crippen LogP) is 7.44. The Kier molecular flexibility index (Phi) is 4.54. The van der Waals surface area contributed by atoms with Gasteiger partial charge in [-0.3, -0.25) is 4.79 Å². The molecule has 0 N–H and O–H groups in total. The second kappa shape index (κ2) is 6.63. The minimum atomic E-state index is 0.737. The standard InChI is InChI=1S/C18H15BrOS3/c19-17-8-7-14(22-17)16-9-12(10-20)18(23-16)15-6-5-13(21-15)11-3-1-2-4-11/h5-11H,1-4H2. The molecule has 0 amide bonds. The van der Waals surface area contributed by atoms with Crippen molar-refractivity contribution in [3.63, 3.8) is 0 Å². The molecule has 0 spiro atoms. The van der Waals surface area contributed by atoms with Gasteiger partial charge in [-0.2, -0.15) is 0 Å². The molecule has 3 aromatic rings. The van der Waals surface area contributed by atoms with Crippen LogP contribution in [0.3, 0.4) is 0 Å². The maximum Gasteiger partial charge on any atom is 0.151 e. The van der Waals surface area contributed by atoms with Gasteiger partial charge in [0.15, 0.2) is 6.29 Å². The third-order valence-electron chi connectivity index (χ3n) is 4.31. The van der Waals surface area contributed by atoms with Crippen molar-refractivity contribution in [2.45, 2.75) is 31.6 Å². The highest BCUT2D eigenvalue weighted by atomic mass is 79.9. The highest BCUT2D eigenvalue weighted by Crippen LogP contribution is 2.45. The first-order valence-electron chi connectivity index (χ1n) is 7.69. The molecular weight excluding hydrogens is 408 g/mol. The van der Waals surface area contributed by atoms with Crippen LogP contribution in [-0.2, 0) is 0 Å². The number of carbonyl (C=O) groups excluding carboxylic acids is 1. The third-order valence-corrected chi connectivity index (χ3v) is 8.71. The lowest BCUT2D eigenvalue weighted by Crippen LogP contribution is -1.85. The van der Waals surface area contributed by atoms with Crippen LogP contribution in [0.1, 0.15) is 46.8 Å². The van der Waals surface area contributed by atoms with Gasteiger partial charge in [0.05, 0.1) is 8.66 Å². The van der Waals surface area contributed by atoms with Crippen LogP contribution in [0, 0.1) is 0 Å². The average Bonchev–Trinajstić information content (AvgIpc) is 3.31. The smallest absolute Gasteiger partial charge is 0.151 e. The molecule has 0 saturated heterocycles. The molecule has 3 heterocycles. The Morgan fingerprint density at radius 2 is 1.74 bits per heavy atom. The topological polar surface area (TPSA) is 17.1 Å². The van der Waals surface area contributed by atoms with Gasteiger partial charge >= 0.3 is 0 Å². The number of thiophene rings is 3. The first-order chi connectivity index (χ1) is 11.2. The van der Waals surface area contributed by atoms with E-state index in [1.807, 2.05) is 17.4 Å². The van der Waals surface area contributed by atoms with Crippen molar-refractivity contribution in [1.82, 2.24) is 0 Å². The highest BCUT2D eigenvalue weighted by molar-refractivity contribution is 9.11. The zero-order valence-electron chi connectivity index (χ0n) is 12.4. The lowest BCUT2D eigenvalue weighted by molar-refractivity contribution is 0.112. The van der Waals surface area contributed by atoms with Crippen molar-refractivity contribution >= 4 is 56.2 Å². The number of halogens is 1. The average molecular weight is 423 g/mol. The van der Waals surface area contributed by atoms with Crippen molar-refractivity contribution < 1.29 is 4.79 Å². The summed E-state index contributed by atoms with van der Waals surface area (Å²) in [6.07, 6.45) is 6.34. The van der Waals surface area contributed by atoms with Crippen LogP contribution >= 0.6 is 49.9 Å². The predicted molar refractivity (Wildman–Crippen MR) is 105 cm³/mol. The summed E-state index contributed by atoms with van der Waals surface area (Å²) in [5, 5.41) is 0. The van der Waals surface area contributed by atoms with E-state index in [2.05, 4.69) is 40.2 Å². The van der Waals surface area contributed by atoms with Crippen LogP contribution in [-0.4, -0.2) is 6.29 Å². The fourth-order valence-electron chi connectivity index (χ4n) is 3.16. The Balaban J connectivity index is 1.70. The quantitative estimate of drug-likeness (QED) is 0.399. The number of rotatable bonds is 4. The first kappa shape index (κ1) is 15.8. The fourth-order valence-corrected chi connectivity index (χ4v) is 7.06. The SMILES string of the molecule is O=Cc1cc(-c2ccc(Br)s2)sc1-c1ccc(C2CCCC2)s1. The molecule has 118 valence electrons. The van der Waals surface area contributed by atoms with E-state index in [4.69, 9.17) is 0 Å². The Bertz CT molecular complexity index is 836. The summed E-state index contributed by atoms with van der Waals surface area (Å²) in [6.45, 7) is 0. The number of aldehydes is 1. The van der Waals surface area contributed by atoms with Crippen LogP contribution in [0.25, 0.3) is 19.5 Å². The Labute approximate surface area is 156 Å². The van der Waals surface area contributed by atoms with Crippen LogP contribution in [0.15, 0.2) is 34.1 Å². The second-order valence-electron chi connectivity index (χ2n) is 5.80. The molecule has 0 aromatic carbocycles. The molecule has 1 aliphatic carbocycles. The Hall–Kier alpha value is -0.750. The van der Waals surface area contributed by atoms with Gasteiger partial charge in [-0.1, -0.05) is 12.8 Å². The van der Waals surface area contributed by atoms with Crippen molar-refractivity contribution in [2.24, 2.45) is 0 Å². The van der Waals surface area contributed by atoms with E-state index in [0.29, 0.717) is 0 Å². The molecule has 0 unspecified atom stereocenters. The molecule has 1 saturated carbocycles. The monoisotopic (exact) mass is 422 g/mol. The van der Waals surface area contributed by atoms with E-state index in [1.165, 1.54) is 45.2 Å². The van der Waals surface area contributed by atoms with Gasteiger partial charge in [0.2, 0.25) is 0 Å². The molecule has 1 aliphatic rings. The van der Waals surface area contributed by atoms with Crippen LogP contribution in [0.4, 0.5) is 0 Å². The van der Waals surface area contributed by atoms with E-state index < -0.39 is 0 Å². The van der Waals surface area contributed by atoms with E-state index in [0.717, 1.165) is 26.4 Å². The lowest BCUT2D eigenvalue weighted by Gasteiger charge is -2.04. The van der Waals surface area contributed by atoms with Crippen LogP contribution in [0.5, 0.6) is 0 Å². The van der Waals surface area contributed by atoms with E-state index >= 15 is 0 Å². The largest absolute Gasteiger partial charge is 0.298 e. The summed E-state index contributed by atoms with van der Waals surface area (Å²) in [6, 6.07) is 10.7. The molecule has 5 heteroatoms. The zero-order chi connectivity index (χ0) is 15.8. The molecule has 1 nitrogen and oxygen atoms in total. The minimum absolute atomic E-state index is 0.737. The molecule has 0 bridgehead atoms. The van der Waals surface area contributed by atoms with Gasteiger partial charge in [0, 0.05) is 25.1 Å². The molecule has 0 atom stereocenters. The summed E-state index contributed by atoms with van der Waals surface area (Å²) in [5.74, 6) is 0.737. The van der Waals surface area contributed by atoms with Gasteiger partial charge in [0.25, 0.3) is 0 Å². The third kappa shape index (κ3) is 3.12. The molecule has 0 radical (unpaired) electrons. The summed E-state index contributed by atoms with van der Waals surface area (Å²) in [4.78, 5) is 17.8. The molecule has 0 aliphatic heterocycles. The number of hydrogen-bond donors (Lipinski definition) is 0. The molecule has 4 rings (SSSR count). The van der Waals surface area contributed by atoms with Crippen LogP contribution in [0.2, 0.25) is 0 Å². The number of hydrogen-bond acceptors (Lipinski definition) is 4. The van der Waals surface area contributed by atoms with Crippen molar-refractivity contribution in [2.75, 3.05) is 0 Å². The van der Waals surface area contributed by atoms with Gasteiger partial charge < -0.3 is 0 Å². The zero-order valence-corrected chi connectivity index (χ0v) is 16.4. The normalized spacial score (nSPS) is 15.3. The van der Waals surface area contributed by atoms with Gasteiger partial charge in [-0.15, -0.1) is 34.0 Å².